The second-order valence-corrected chi connectivity index (χ2v) is 4.43. The predicted octanol–water partition coefficient (Wildman–Crippen LogP) is 2.09. The number of carbonyl (C=O) groups is 1. The minimum Gasteiger partial charge on any atom is -0.481 e. The molecule has 1 saturated heterocycles. The van der Waals surface area contributed by atoms with Gasteiger partial charge in [0, 0.05) is 25.7 Å². The van der Waals surface area contributed by atoms with Crippen LogP contribution in [0.1, 0.15) is 31.2 Å². The highest BCUT2D eigenvalue weighted by atomic mass is 16.4. The molecule has 1 aromatic heterocycles. The number of carboxylic acids is 1. The largest absolute Gasteiger partial charge is 0.481 e. The van der Waals surface area contributed by atoms with Gasteiger partial charge in [0.1, 0.15) is 5.82 Å². The van der Waals surface area contributed by atoms with Crippen LogP contribution in [0.2, 0.25) is 0 Å². The first-order valence-electron chi connectivity index (χ1n) is 6.18. The molecule has 2 rings (SSSR count). The van der Waals surface area contributed by atoms with Crippen LogP contribution in [0.4, 0.5) is 5.82 Å². The lowest BCUT2D eigenvalue weighted by Crippen LogP contribution is -2.31. The maximum absolute atomic E-state index is 10.6. The summed E-state index contributed by atoms with van der Waals surface area (Å²) in [5.74, 6) is 0.229. The summed E-state index contributed by atoms with van der Waals surface area (Å²) >= 11 is 0. The average Bonchev–Trinajstić information content (AvgIpc) is 2.38. The van der Waals surface area contributed by atoms with Gasteiger partial charge in [0.2, 0.25) is 0 Å². The Balaban J connectivity index is 2.11. The van der Waals surface area contributed by atoms with Crippen molar-refractivity contribution >= 4 is 11.8 Å². The normalized spacial score (nSPS) is 15.9. The molecule has 0 spiro atoms. The lowest BCUT2D eigenvalue weighted by molar-refractivity contribution is -0.136. The first kappa shape index (κ1) is 11.9. The van der Waals surface area contributed by atoms with Gasteiger partial charge in [-0.05, 0) is 37.3 Å². The van der Waals surface area contributed by atoms with Crippen molar-refractivity contribution in [3.63, 3.8) is 0 Å². The molecule has 4 heteroatoms. The fraction of sp³-hybridized carbons (Fsp3) is 0.538. The molecule has 17 heavy (non-hydrogen) atoms. The first-order chi connectivity index (χ1) is 8.27. The van der Waals surface area contributed by atoms with Gasteiger partial charge in [-0.2, -0.15) is 0 Å². The SMILES string of the molecule is O=C(O)CCc1cccnc1N1CCCCC1. The number of pyridine rings is 1. The second-order valence-electron chi connectivity index (χ2n) is 4.43. The third-order valence-corrected chi connectivity index (χ3v) is 3.13. The summed E-state index contributed by atoms with van der Waals surface area (Å²) in [6.45, 7) is 2.08. The molecule has 0 amide bonds. The fourth-order valence-corrected chi connectivity index (χ4v) is 2.26. The Hall–Kier alpha value is -1.58. The smallest absolute Gasteiger partial charge is 0.303 e. The first-order valence-corrected chi connectivity index (χ1v) is 6.18. The molecule has 0 unspecified atom stereocenters. The maximum Gasteiger partial charge on any atom is 0.303 e. The van der Waals surface area contributed by atoms with Gasteiger partial charge in [0.05, 0.1) is 0 Å². The van der Waals surface area contributed by atoms with Gasteiger partial charge in [-0.1, -0.05) is 6.07 Å². The second kappa shape index (κ2) is 5.66. The molecule has 1 aliphatic heterocycles. The quantitative estimate of drug-likeness (QED) is 0.866. The lowest BCUT2D eigenvalue weighted by atomic mass is 10.1. The topological polar surface area (TPSA) is 53.4 Å². The molecular weight excluding hydrogens is 216 g/mol. The highest BCUT2D eigenvalue weighted by Crippen LogP contribution is 2.22. The van der Waals surface area contributed by atoms with Gasteiger partial charge < -0.3 is 10.0 Å². The van der Waals surface area contributed by atoms with Gasteiger partial charge in [-0.3, -0.25) is 4.79 Å². The third kappa shape index (κ3) is 3.19. The van der Waals surface area contributed by atoms with Crippen molar-refractivity contribution in [1.29, 1.82) is 0 Å². The Bertz CT molecular complexity index is 387. The number of piperidine rings is 1. The minimum absolute atomic E-state index is 0.173. The van der Waals surface area contributed by atoms with E-state index in [9.17, 15) is 4.79 Å². The molecule has 1 aliphatic rings. The number of carboxylic acid groups (broad SMARTS) is 1. The molecule has 0 bridgehead atoms. The van der Waals surface area contributed by atoms with E-state index in [1.54, 1.807) is 6.20 Å². The Labute approximate surface area is 101 Å². The Kier molecular flexibility index (Phi) is 3.96. The summed E-state index contributed by atoms with van der Waals surface area (Å²) in [5.41, 5.74) is 1.05. The van der Waals surface area contributed by atoms with Crippen molar-refractivity contribution < 1.29 is 9.90 Å². The summed E-state index contributed by atoms with van der Waals surface area (Å²) in [7, 11) is 0. The summed E-state index contributed by atoms with van der Waals surface area (Å²) in [5, 5.41) is 8.74. The van der Waals surface area contributed by atoms with E-state index >= 15 is 0 Å². The lowest BCUT2D eigenvalue weighted by Gasteiger charge is -2.29. The molecule has 0 aliphatic carbocycles. The van der Waals surface area contributed by atoms with Crippen molar-refractivity contribution in [2.45, 2.75) is 32.1 Å². The number of anilines is 1. The molecule has 92 valence electrons. The van der Waals surface area contributed by atoms with Gasteiger partial charge in [-0.25, -0.2) is 4.98 Å². The zero-order valence-corrected chi connectivity index (χ0v) is 9.93. The zero-order chi connectivity index (χ0) is 12.1. The van der Waals surface area contributed by atoms with Crippen LogP contribution in [0.25, 0.3) is 0 Å². The molecule has 1 fully saturated rings. The van der Waals surface area contributed by atoms with Crippen LogP contribution >= 0.6 is 0 Å². The van der Waals surface area contributed by atoms with E-state index in [2.05, 4.69) is 9.88 Å². The number of rotatable bonds is 4. The zero-order valence-electron chi connectivity index (χ0n) is 9.93. The molecule has 0 aromatic carbocycles. The number of hydrogen-bond acceptors (Lipinski definition) is 3. The molecule has 4 nitrogen and oxygen atoms in total. The van der Waals surface area contributed by atoms with Crippen molar-refractivity contribution in [2.75, 3.05) is 18.0 Å². The van der Waals surface area contributed by atoms with Crippen LogP contribution < -0.4 is 4.90 Å². The molecular formula is C13H18N2O2. The standard InChI is InChI=1S/C13H18N2O2/c16-12(17)7-6-11-5-4-8-14-13(11)15-9-2-1-3-10-15/h4-5,8H,1-3,6-7,9-10H2,(H,16,17). The van der Waals surface area contributed by atoms with Gasteiger partial charge in [-0.15, -0.1) is 0 Å². The summed E-state index contributed by atoms with van der Waals surface area (Å²) in [4.78, 5) is 17.3. The average molecular weight is 234 g/mol. The molecule has 2 heterocycles. The van der Waals surface area contributed by atoms with Crippen LogP contribution in [0.5, 0.6) is 0 Å². The molecule has 1 aromatic rings. The minimum atomic E-state index is -0.751. The van der Waals surface area contributed by atoms with Crippen LogP contribution in [0.15, 0.2) is 18.3 Å². The molecule has 1 N–H and O–H groups in total. The number of nitrogens with zero attached hydrogens (tertiary/aromatic N) is 2. The van der Waals surface area contributed by atoms with Gasteiger partial charge >= 0.3 is 5.97 Å². The number of aromatic nitrogens is 1. The van der Waals surface area contributed by atoms with Gasteiger partial charge in [0.25, 0.3) is 0 Å². The highest BCUT2D eigenvalue weighted by molar-refractivity contribution is 5.67. The van der Waals surface area contributed by atoms with E-state index in [0.29, 0.717) is 6.42 Å². The number of aliphatic carboxylic acids is 1. The van der Waals surface area contributed by atoms with Crippen LogP contribution in [-0.2, 0) is 11.2 Å². The monoisotopic (exact) mass is 234 g/mol. The van der Waals surface area contributed by atoms with E-state index in [-0.39, 0.29) is 6.42 Å². The third-order valence-electron chi connectivity index (χ3n) is 3.13. The number of aryl methyl sites for hydroxylation is 1. The van der Waals surface area contributed by atoms with E-state index in [1.807, 2.05) is 12.1 Å². The van der Waals surface area contributed by atoms with Crippen LogP contribution in [0, 0.1) is 0 Å². The van der Waals surface area contributed by atoms with Gasteiger partial charge in [0.15, 0.2) is 0 Å². The summed E-state index contributed by atoms with van der Waals surface area (Å²) in [6, 6.07) is 3.87. The molecule has 0 radical (unpaired) electrons. The Morgan fingerprint density at radius 2 is 2.12 bits per heavy atom. The number of hydrogen-bond donors (Lipinski definition) is 1. The van der Waals surface area contributed by atoms with Crippen molar-refractivity contribution in [3.05, 3.63) is 23.9 Å². The van der Waals surface area contributed by atoms with Crippen LogP contribution in [-0.4, -0.2) is 29.1 Å². The van der Waals surface area contributed by atoms with E-state index in [4.69, 9.17) is 5.11 Å². The van der Waals surface area contributed by atoms with Crippen molar-refractivity contribution in [3.8, 4) is 0 Å². The van der Waals surface area contributed by atoms with E-state index < -0.39 is 5.97 Å². The molecule has 0 saturated carbocycles. The van der Waals surface area contributed by atoms with Crippen molar-refractivity contribution in [1.82, 2.24) is 4.98 Å². The predicted molar refractivity (Wildman–Crippen MR) is 66.3 cm³/mol. The fourth-order valence-electron chi connectivity index (χ4n) is 2.26. The maximum atomic E-state index is 10.6. The van der Waals surface area contributed by atoms with Crippen LogP contribution in [0.3, 0.4) is 0 Å². The van der Waals surface area contributed by atoms with Crippen molar-refractivity contribution in [2.24, 2.45) is 0 Å². The Morgan fingerprint density at radius 3 is 2.82 bits per heavy atom. The highest BCUT2D eigenvalue weighted by Gasteiger charge is 2.15. The summed E-state index contributed by atoms with van der Waals surface area (Å²) in [6.07, 6.45) is 6.22. The van der Waals surface area contributed by atoms with E-state index in [0.717, 1.165) is 24.5 Å². The van der Waals surface area contributed by atoms with E-state index in [1.165, 1.54) is 19.3 Å². The Morgan fingerprint density at radius 1 is 1.35 bits per heavy atom. The summed E-state index contributed by atoms with van der Waals surface area (Å²) < 4.78 is 0. The molecule has 0 atom stereocenters.